The van der Waals surface area contributed by atoms with Gasteiger partial charge < -0.3 is 4.98 Å². The molecule has 0 saturated carbocycles. The van der Waals surface area contributed by atoms with E-state index >= 15 is 0 Å². The maximum atomic E-state index is 14.5. The Balaban J connectivity index is 1.44. The Morgan fingerprint density at radius 2 is 1.86 bits per heavy atom. The lowest BCUT2D eigenvalue weighted by Gasteiger charge is -2.07. The zero-order valence-corrected chi connectivity index (χ0v) is 20.1. The molecule has 0 saturated heterocycles. The maximum absolute atomic E-state index is 14.5. The smallest absolute Gasteiger partial charge is 0.209 e. The predicted molar refractivity (Wildman–Crippen MR) is 135 cm³/mol. The first-order valence-corrected chi connectivity index (χ1v) is 12.9. The van der Waals surface area contributed by atoms with E-state index in [0.717, 1.165) is 17.2 Å². The fourth-order valence-electron chi connectivity index (χ4n) is 4.03. The highest BCUT2D eigenvalue weighted by atomic mass is 32.2. The average molecular weight is 516 g/mol. The van der Waals surface area contributed by atoms with Crippen molar-refractivity contribution in [1.82, 2.24) is 44.8 Å². The SMILES string of the molecule is CS(=O)(=O)NCc1cc(F)cc(-c2nccc3[nH]c(-c4n[nH]c5ncc(-c6cnccn6)cc45)nc23)c1. The van der Waals surface area contributed by atoms with Gasteiger partial charge in [-0.3, -0.25) is 20.1 Å². The van der Waals surface area contributed by atoms with Gasteiger partial charge in [-0.2, -0.15) is 5.10 Å². The van der Waals surface area contributed by atoms with Gasteiger partial charge in [-0.05, 0) is 35.9 Å². The first-order chi connectivity index (χ1) is 17.8. The summed E-state index contributed by atoms with van der Waals surface area (Å²) in [7, 11) is -3.44. The molecule has 0 aliphatic carbocycles. The Morgan fingerprint density at radius 3 is 2.68 bits per heavy atom. The van der Waals surface area contributed by atoms with Crippen molar-refractivity contribution in [2.75, 3.05) is 6.26 Å². The minimum atomic E-state index is -3.44. The van der Waals surface area contributed by atoms with Crippen LogP contribution < -0.4 is 4.72 Å². The largest absolute Gasteiger partial charge is 0.336 e. The number of rotatable bonds is 6. The normalized spacial score (nSPS) is 11.9. The Labute approximate surface area is 209 Å². The van der Waals surface area contributed by atoms with Crippen molar-refractivity contribution < 1.29 is 12.8 Å². The number of sulfonamides is 1. The molecule has 1 aromatic carbocycles. The van der Waals surface area contributed by atoms with Crippen LogP contribution in [-0.2, 0) is 16.6 Å². The van der Waals surface area contributed by atoms with Gasteiger partial charge in [0, 0.05) is 42.5 Å². The summed E-state index contributed by atoms with van der Waals surface area (Å²) in [5.74, 6) is -0.0396. The predicted octanol–water partition coefficient (Wildman–Crippen LogP) is 3.21. The van der Waals surface area contributed by atoms with E-state index in [9.17, 15) is 12.8 Å². The van der Waals surface area contributed by atoms with Gasteiger partial charge in [0.25, 0.3) is 0 Å². The topological polar surface area (TPSA) is 155 Å². The summed E-state index contributed by atoms with van der Waals surface area (Å²) in [5.41, 5.74) is 5.13. The van der Waals surface area contributed by atoms with E-state index < -0.39 is 15.8 Å². The van der Waals surface area contributed by atoms with Gasteiger partial charge in [-0.1, -0.05) is 0 Å². The van der Waals surface area contributed by atoms with Crippen LogP contribution in [0.1, 0.15) is 5.56 Å². The molecule has 37 heavy (non-hydrogen) atoms. The highest BCUT2D eigenvalue weighted by molar-refractivity contribution is 7.88. The lowest BCUT2D eigenvalue weighted by molar-refractivity contribution is 0.586. The van der Waals surface area contributed by atoms with Crippen molar-refractivity contribution in [3.63, 3.8) is 0 Å². The zero-order valence-electron chi connectivity index (χ0n) is 19.3. The van der Waals surface area contributed by atoms with E-state index in [1.807, 2.05) is 6.07 Å². The third-order valence-corrected chi connectivity index (χ3v) is 6.34. The second-order valence-corrected chi connectivity index (χ2v) is 10.2. The number of fused-ring (bicyclic) bond motifs is 2. The molecule has 0 unspecified atom stereocenters. The zero-order chi connectivity index (χ0) is 25.6. The third-order valence-electron chi connectivity index (χ3n) is 5.67. The second-order valence-electron chi connectivity index (χ2n) is 8.37. The standard InChI is InChI=1S/C24H18FN9O2S/c1-37(35,36)30-10-13-6-14(8-16(25)7-13)20-22-18(2-3-28-20)31-24(32-22)21-17-9-15(11-29-23(17)34-33-21)19-12-26-4-5-27-19/h2-9,11-12,30H,10H2,1H3,(H,31,32)(H,29,33,34). The molecule has 0 bridgehead atoms. The van der Waals surface area contributed by atoms with Gasteiger partial charge in [0.05, 0.1) is 34.7 Å². The quantitative estimate of drug-likeness (QED) is 0.305. The lowest BCUT2D eigenvalue weighted by atomic mass is 10.1. The molecular weight excluding hydrogens is 497 g/mol. The molecule has 0 radical (unpaired) electrons. The van der Waals surface area contributed by atoms with Crippen molar-refractivity contribution in [3.8, 4) is 34.0 Å². The van der Waals surface area contributed by atoms with Crippen molar-refractivity contribution >= 4 is 32.1 Å². The molecule has 0 atom stereocenters. The van der Waals surface area contributed by atoms with Crippen LogP contribution in [-0.4, -0.2) is 54.8 Å². The number of nitrogens with zero attached hydrogens (tertiary/aromatic N) is 6. The van der Waals surface area contributed by atoms with Gasteiger partial charge in [0.2, 0.25) is 10.0 Å². The molecule has 3 N–H and O–H groups in total. The molecule has 11 nitrogen and oxygen atoms in total. The summed E-state index contributed by atoms with van der Waals surface area (Å²) >= 11 is 0. The number of hydrogen-bond donors (Lipinski definition) is 3. The second kappa shape index (κ2) is 8.80. The van der Waals surface area contributed by atoms with Crippen molar-refractivity contribution in [1.29, 1.82) is 0 Å². The summed E-state index contributed by atoms with van der Waals surface area (Å²) in [6.45, 7) is -0.0498. The molecule has 0 aliphatic rings. The molecule has 5 aromatic heterocycles. The Bertz CT molecular complexity index is 1890. The lowest BCUT2D eigenvalue weighted by Crippen LogP contribution is -2.21. The molecule has 0 amide bonds. The number of halogens is 1. The molecule has 6 aromatic rings. The van der Waals surface area contributed by atoms with Crippen molar-refractivity contribution in [3.05, 3.63) is 72.7 Å². The van der Waals surface area contributed by atoms with E-state index in [2.05, 4.69) is 39.8 Å². The number of H-pyrrole nitrogens is 2. The summed E-state index contributed by atoms with van der Waals surface area (Å²) in [5, 5.41) is 8.06. The summed E-state index contributed by atoms with van der Waals surface area (Å²) in [6, 6.07) is 7.96. The van der Waals surface area contributed by atoms with Crippen LogP contribution in [0.5, 0.6) is 0 Å². The van der Waals surface area contributed by atoms with Crippen LogP contribution in [0.25, 0.3) is 56.1 Å². The summed E-state index contributed by atoms with van der Waals surface area (Å²) in [6.07, 6.45) is 9.19. The highest BCUT2D eigenvalue weighted by Crippen LogP contribution is 2.31. The van der Waals surface area contributed by atoms with Crippen LogP contribution in [0.3, 0.4) is 0 Å². The summed E-state index contributed by atoms with van der Waals surface area (Å²) < 4.78 is 39.8. The highest BCUT2D eigenvalue weighted by Gasteiger charge is 2.18. The fourth-order valence-corrected chi connectivity index (χ4v) is 4.46. The first kappa shape index (κ1) is 22.8. The van der Waals surface area contributed by atoms with E-state index in [-0.39, 0.29) is 6.54 Å². The van der Waals surface area contributed by atoms with E-state index in [4.69, 9.17) is 4.98 Å². The minimum absolute atomic E-state index is 0.0498. The van der Waals surface area contributed by atoms with Gasteiger partial charge >= 0.3 is 0 Å². The number of nitrogens with one attached hydrogen (secondary N) is 3. The maximum Gasteiger partial charge on any atom is 0.209 e. The van der Waals surface area contributed by atoms with Crippen LogP contribution >= 0.6 is 0 Å². The molecule has 184 valence electrons. The molecular formula is C24H18FN9O2S. The van der Waals surface area contributed by atoms with Gasteiger partial charge in [0.15, 0.2) is 11.5 Å². The van der Waals surface area contributed by atoms with Gasteiger partial charge in [-0.15, -0.1) is 0 Å². The van der Waals surface area contributed by atoms with E-state index in [1.165, 1.54) is 12.1 Å². The van der Waals surface area contributed by atoms with Crippen molar-refractivity contribution in [2.45, 2.75) is 6.54 Å². The Kier molecular flexibility index (Phi) is 5.43. The molecule has 5 heterocycles. The number of pyridine rings is 2. The molecule has 0 spiro atoms. The molecule has 6 rings (SSSR count). The van der Waals surface area contributed by atoms with Gasteiger partial charge in [-0.25, -0.2) is 27.5 Å². The fraction of sp³-hybridized carbons (Fsp3) is 0.0833. The van der Waals surface area contributed by atoms with Crippen LogP contribution in [0, 0.1) is 5.82 Å². The number of aromatic amines is 2. The van der Waals surface area contributed by atoms with Crippen LogP contribution in [0.4, 0.5) is 4.39 Å². The number of aromatic nitrogens is 8. The van der Waals surface area contributed by atoms with Crippen molar-refractivity contribution in [2.24, 2.45) is 0 Å². The number of benzene rings is 1. The van der Waals surface area contributed by atoms with Gasteiger partial charge in [0.1, 0.15) is 17.0 Å². The van der Waals surface area contributed by atoms with E-state index in [0.29, 0.717) is 50.7 Å². The number of hydrogen-bond acceptors (Lipinski definition) is 8. The summed E-state index contributed by atoms with van der Waals surface area (Å²) in [4.78, 5) is 25.3. The van der Waals surface area contributed by atoms with Crippen LogP contribution in [0.15, 0.2) is 61.3 Å². The van der Waals surface area contributed by atoms with E-state index in [1.54, 1.807) is 43.1 Å². The van der Waals surface area contributed by atoms with Crippen LogP contribution in [0.2, 0.25) is 0 Å². The minimum Gasteiger partial charge on any atom is -0.336 e. The Hall–Kier alpha value is -4.62. The molecule has 13 heteroatoms. The molecule has 0 fully saturated rings. The Morgan fingerprint density at radius 1 is 0.973 bits per heavy atom. The third kappa shape index (κ3) is 4.52. The molecule has 0 aliphatic heterocycles. The number of imidazole rings is 1. The monoisotopic (exact) mass is 515 g/mol. The first-order valence-electron chi connectivity index (χ1n) is 11.0. The average Bonchev–Trinajstić information content (AvgIpc) is 3.51.